The van der Waals surface area contributed by atoms with E-state index in [2.05, 4.69) is 0 Å². The first-order valence-corrected chi connectivity index (χ1v) is 8.48. The molecule has 0 aliphatic heterocycles. The Morgan fingerprint density at radius 3 is 1.70 bits per heavy atom. The van der Waals surface area contributed by atoms with Crippen LogP contribution in [0.2, 0.25) is 0 Å². The molecule has 4 amide bonds. The Labute approximate surface area is 169 Å². The predicted molar refractivity (Wildman–Crippen MR) is 96.2 cm³/mol. The highest BCUT2D eigenvalue weighted by Gasteiger charge is 2.32. The van der Waals surface area contributed by atoms with E-state index < -0.39 is 85.3 Å². The summed E-state index contributed by atoms with van der Waals surface area (Å²) in [5.41, 5.74) is 10.3. The fourth-order valence-corrected chi connectivity index (χ4v) is 2.01. The first-order chi connectivity index (χ1) is 13.8. The average molecular weight is 435 g/mol. The molecule has 0 fully saturated rings. The summed E-state index contributed by atoms with van der Waals surface area (Å²) in [6.07, 6.45) is -3.06. The lowest BCUT2D eigenvalue weighted by atomic mass is 10.1. The minimum Gasteiger partial charge on any atom is -0.481 e. The molecule has 0 aromatic carbocycles. The molecular weight excluding hydrogens is 410 g/mol. The molecule has 0 spiro atoms. The second-order valence-corrected chi connectivity index (χ2v) is 6.24. The van der Waals surface area contributed by atoms with E-state index in [9.17, 15) is 39.0 Å². The molecule has 170 valence electrons. The fraction of sp³-hybridized carbons (Fsp3) is 0.600. The summed E-state index contributed by atoms with van der Waals surface area (Å²) in [6, 6.07) is -6.69. The number of hydrogen-bond donors (Lipinski definition) is 9. The number of aliphatic carboxylic acids is 2. The topological polar surface area (TPSA) is 271 Å². The number of carbonyl (C=O) groups is 6. The van der Waals surface area contributed by atoms with Crippen LogP contribution in [0.1, 0.15) is 19.8 Å². The number of nitrogens with one attached hydrogen (secondary N) is 3. The summed E-state index contributed by atoms with van der Waals surface area (Å²) in [5, 5.41) is 42.3. The van der Waals surface area contributed by atoms with Crippen molar-refractivity contribution in [2.45, 2.75) is 50.0 Å². The molecule has 0 aromatic heterocycles. The van der Waals surface area contributed by atoms with Gasteiger partial charge in [0.15, 0.2) is 0 Å². The third-order valence-corrected chi connectivity index (χ3v) is 3.67. The molecule has 0 saturated heterocycles. The molecule has 0 rings (SSSR count). The van der Waals surface area contributed by atoms with Gasteiger partial charge in [-0.1, -0.05) is 0 Å². The summed E-state index contributed by atoms with van der Waals surface area (Å²) < 4.78 is 0. The van der Waals surface area contributed by atoms with Crippen LogP contribution in [-0.2, 0) is 28.8 Å². The minimum atomic E-state index is -1.82. The molecular formula is C15H25N5O10. The van der Waals surface area contributed by atoms with E-state index in [-0.39, 0.29) is 0 Å². The minimum absolute atomic E-state index is 0.790. The lowest BCUT2D eigenvalue weighted by Gasteiger charge is -2.23. The van der Waals surface area contributed by atoms with Gasteiger partial charge in [0, 0.05) is 0 Å². The normalized spacial score (nSPS) is 15.6. The average Bonchev–Trinajstić information content (AvgIpc) is 2.62. The molecule has 0 heterocycles. The van der Waals surface area contributed by atoms with Crippen molar-refractivity contribution in [1.29, 1.82) is 0 Å². The number of amides is 4. The van der Waals surface area contributed by atoms with Crippen molar-refractivity contribution < 1.29 is 49.2 Å². The van der Waals surface area contributed by atoms with Crippen LogP contribution in [0.4, 0.5) is 0 Å². The highest BCUT2D eigenvalue weighted by Crippen LogP contribution is 2.00. The van der Waals surface area contributed by atoms with E-state index in [0.29, 0.717) is 0 Å². The molecule has 5 unspecified atom stereocenters. The van der Waals surface area contributed by atoms with Crippen LogP contribution in [0.15, 0.2) is 0 Å². The molecule has 30 heavy (non-hydrogen) atoms. The Hall–Kier alpha value is -3.30. The van der Waals surface area contributed by atoms with Crippen molar-refractivity contribution in [3.05, 3.63) is 0 Å². The van der Waals surface area contributed by atoms with Crippen molar-refractivity contribution in [1.82, 2.24) is 16.0 Å². The summed E-state index contributed by atoms with van der Waals surface area (Å²) in [7, 11) is 0. The molecule has 0 aliphatic carbocycles. The van der Waals surface area contributed by atoms with Crippen LogP contribution in [0, 0.1) is 0 Å². The number of aliphatic hydroxyl groups excluding tert-OH is 2. The molecule has 5 atom stereocenters. The van der Waals surface area contributed by atoms with Crippen LogP contribution in [0.3, 0.4) is 0 Å². The van der Waals surface area contributed by atoms with Gasteiger partial charge in [0.25, 0.3) is 0 Å². The number of rotatable bonds is 13. The first kappa shape index (κ1) is 26.7. The number of carbonyl (C=O) groups excluding carboxylic acids is 4. The van der Waals surface area contributed by atoms with Gasteiger partial charge >= 0.3 is 11.9 Å². The molecule has 0 aromatic rings. The van der Waals surface area contributed by atoms with Gasteiger partial charge in [-0.25, -0.2) is 4.79 Å². The van der Waals surface area contributed by atoms with Crippen LogP contribution < -0.4 is 27.4 Å². The van der Waals surface area contributed by atoms with Crippen LogP contribution in [0.25, 0.3) is 0 Å². The molecule has 0 aliphatic rings. The molecule has 15 heteroatoms. The van der Waals surface area contributed by atoms with Crippen molar-refractivity contribution in [3.63, 3.8) is 0 Å². The first-order valence-electron chi connectivity index (χ1n) is 8.48. The lowest BCUT2D eigenvalue weighted by molar-refractivity contribution is -0.145. The summed E-state index contributed by atoms with van der Waals surface area (Å²) in [5.74, 6) is -7.69. The number of carboxylic acids is 2. The van der Waals surface area contributed by atoms with Crippen LogP contribution >= 0.6 is 0 Å². The Morgan fingerprint density at radius 2 is 1.30 bits per heavy atom. The van der Waals surface area contributed by atoms with Gasteiger partial charge in [0.2, 0.25) is 23.6 Å². The number of aliphatic hydroxyl groups is 2. The predicted octanol–water partition coefficient (Wildman–Crippen LogP) is -5.42. The number of hydrogen-bond acceptors (Lipinski definition) is 9. The SMILES string of the molecule is CC(O)C(N)C(=O)NC(CO)C(=O)NC(CC(=O)O)C(=O)NC(CC(N)=O)C(=O)O. The van der Waals surface area contributed by atoms with Crippen LogP contribution in [0.5, 0.6) is 0 Å². The number of carboxylic acid groups (broad SMARTS) is 2. The van der Waals surface area contributed by atoms with Gasteiger partial charge in [-0.15, -0.1) is 0 Å². The maximum atomic E-state index is 12.2. The number of primary amides is 1. The van der Waals surface area contributed by atoms with E-state index >= 15 is 0 Å². The van der Waals surface area contributed by atoms with Gasteiger partial charge in [0.1, 0.15) is 24.2 Å². The zero-order valence-corrected chi connectivity index (χ0v) is 15.9. The quantitative estimate of drug-likeness (QED) is 0.132. The Kier molecular flexibility index (Phi) is 10.9. The van der Waals surface area contributed by atoms with E-state index in [0.717, 1.165) is 0 Å². The third-order valence-electron chi connectivity index (χ3n) is 3.67. The van der Waals surface area contributed by atoms with Gasteiger partial charge in [-0.05, 0) is 6.92 Å². The Morgan fingerprint density at radius 1 is 0.833 bits per heavy atom. The monoisotopic (exact) mass is 435 g/mol. The van der Waals surface area contributed by atoms with E-state index in [1.807, 2.05) is 16.0 Å². The molecule has 0 saturated carbocycles. The highest BCUT2D eigenvalue weighted by molar-refractivity contribution is 5.96. The van der Waals surface area contributed by atoms with Crippen molar-refractivity contribution in [2.75, 3.05) is 6.61 Å². The zero-order chi connectivity index (χ0) is 23.6. The lowest BCUT2D eigenvalue weighted by Crippen LogP contribution is -2.59. The Bertz CT molecular complexity index is 683. The highest BCUT2D eigenvalue weighted by atomic mass is 16.4. The third kappa shape index (κ3) is 9.26. The molecule has 15 nitrogen and oxygen atoms in total. The maximum Gasteiger partial charge on any atom is 0.326 e. The Balaban J connectivity index is 5.33. The van der Waals surface area contributed by atoms with Gasteiger partial charge in [-0.3, -0.25) is 24.0 Å². The number of nitrogens with two attached hydrogens (primary N) is 2. The largest absolute Gasteiger partial charge is 0.481 e. The summed E-state index contributed by atoms with van der Waals surface area (Å²) >= 11 is 0. The van der Waals surface area contributed by atoms with Gasteiger partial charge in [0.05, 0.1) is 25.6 Å². The van der Waals surface area contributed by atoms with Crippen molar-refractivity contribution in [2.24, 2.45) is 11.5 Å². The molecule has 0 radical (unpaired) electrons. The van der Waals surface area contributed by atoms with Crippen molar-refractivity contribution >= 4 is 35.6 Å². The molecule has 11 N–H and O–H groups in total. The summed E-state index contributed by atoms with van der Waals surface area (Å²) in [6.45, 7) is 0.237. The fourth-order valence-electron chi connectivity index (χ4n) is 2.01. The van der Waals surface area contributed by atoms with Crippen molar-refractivity contribution in [3.8, 4) is 0 Å². The second-order valence-electron chi connectivity index (χ2n) is 6.24. The van der Waals surface area contributed by atoms with Crippen LogP contribution in [-0.4, -0.2) is 92.9 Å². The standard InChI is InChI=1S/C15H25N5O10/c1-5(22)11(17)14(28)20-8(4-21)13(27)18-6(3-10(24)25)12(26)19-7(15(29)30)2-9(16)23/h5-8,11,21-22H,2-4,17H2,1H3,(H2,16,23)(H,18,27)(H,19,26)(H,20,28)(H,24,25)(H,29,30). The summed E-state index contributed by atoms with van der Waals surface area (Å²) in [4.78, 5) is 69.3. The maximum absolute atomic E-state index is 12.2. The van der Waals surface area contributed by atoms with Gasteiger partial charge < -0.3 is 47.8 Å². The second kappa shape index (κ2) is 12.3. The zero-order valence-electron chi connectivity index (χ0n) is 15.9. The van der Waals surface area contributed by atoms with E-state index in [1.54, 1.807) is 0 Å². The van der Waals surface area contributed by atoms with E-state index in [1.165, 1.54) is 6.92 Å². The van der Waals surface area contributed by atoms with E-state index in [4.69, 9.17) is 21.7 Å². The smallest absolute Gasteiger partial charge is 0.326 e. The van der Waals surface area contributed by atoms with Gasteiger partial charge in [-0.2, -0.15) is 0 Å². The molecule has 0 bridgehead atoms.